The van der Waals surface area contributed by atoms with Crippen LogP contribution < -0.4 is 0 Å². The predicted octanol–water partition coefficient (Wildman–Crippen LogP) is 0.633. The van der Waals surface area contributed by atoms with E-state index in [1.807, 2.05) is 13.8 Å². The van der Waals surface area contributed by atoms with Gasteiger partial charge < -0.3 is 14.5 Å². The Morgan fingerprint density at radius 2 is 2.11 bits per heavy atom. The van der Waals surface area contributed by atoms with Crippen molar-refractivity contribution in [1.29, 1.82) is 0 Å². The second-order valence-electron chi connectivity index (χ2n) is 5.24. The Balaban J connectivity index is 2.13. The second kappa shape index (κ2) is 5.26. The Bertz CT molecular complexity index is 345. The van der Waals surface area contributed by atoms with E-state index in [4.69, 9.17) is 4.74 Å². The molecule has 2 amide bonds. The molecule has 0 spiro atoms. The lowest BCUT2D eigenvalue weighted by atomic mass is 10.0. The zero-order chi connectivity index (χ0) is 13.3. The molecule has 5 nitrogen and oxygen atoms in total. The third-order valence-corrected chi connectivity index (χ3v) is 4.06. The van der Waals surface area contributed by atoms with Gasteiger partial charge in [-0.1, -0.05) is 0 Å². The van der Waals surface area contributed by atoms with E-state index in [9.17, 15) is 9.59 Å². The van der Waals surface area contributed by atoms with Crippen molar-refractivity contribution in [3.63, 3.8) is 0 Å². The van der Waals surface area contributed by atoms with Gasteiger partial charge >= 0.3 is 0 Å². The zero-order valence-electron chi connectivity index (χ0n) is 11.4. The number of methoxy groups -OCH3 is 1. The monoisotopic (exact) mass is 254 g/mol. The smallest absolute Gasteiger partial charge is 0.246 e. The standard InChI is InChI=1S/C13H22N2O3/c1-9(6-8-18-3)15-10(2)12(16)14-7-4-5-11(14)13(15)17/h9-11H,4-8H2,1-3H3. The van der Waals surface area contributed by atoms with Crippen molar-refractivity contribution >= 4 is 11.8 Å². The van der Waals surface area contributed by atoms with E-state index in [1.54, 1.807) is 16.9 Å². The molecule has 3 unspecified atom stereocenters. The molecule has 2 aliphatic heterocycles. The molecule has 18 heavy (non-hydrogen) atoms. The van der Waals surface area contributed by atoms with Crippen molar-refractivity contribution in [2.24, 2.45) is 0 Å². The molecule has 102 valence electrons. The number of carbonyl (C=O) groups excluding carboxylic acids is 2. The van der Waals surface area contributed by atoms with Gasteiger partial charge in [-0.25, -0.2) is 0 Å². The van der Waals surface area contributed by atoms with Crippen LogP contribution in [0.3, 0.4) is 0 Å². The normalized spacial score (nSPS) is 29.7. The number of ether oxygens (including phenoxy) is 1. The lowest BCUT2D eigenvalue weighted by Gasteiger charge is -2.43. The number of piperazine rings is 1. The Hall–Kier alpha value is -1.10. The highest BCUT2D eigenvalue weighted by Crippen LogP contribution is 2.28. The molecule has 0 aromatic rings. The highest BCUT2D eigenvalue weighted by atomic mass is 16.5. The summed E-state index contributed by atoms with van der Waals surface area (Å²) in [5, 5.41) is 0. The van der Waals surface area contributed by atoms with E-state index in [0.717, 1.165) is 25.8 Å². The molecule has 2 rings (SSSR count). The molecule has 2 aliphatic rings. The van der Waals surface area contributed by atoms with Crippen LogP contribution in [0.1, 0.15) is 33.1 Å². The summed E-state index contributed by atoms with van der Waals surface area (Å²) >= 11 is 0. The van der Waals surface area contributed by atoms with E-state index < -0.39 is 0 Å². The molecule has 0 saturated carbocycles. The molecule has 2 saturated heterocycles. The molecule has 2 heterocycles. The minimum absolute atomic E-state index is 0.0548. The van der Waals surface area contributed by atoms with E-state index >= 15 is 0 Å². The van der Waals surface area contributed by atoms with E-state index in [2.05, 4.69) is 0 Å². The third kappa shape index (κ3) is 2.11. The average molecular weight is 254 g/mol. The van der Waals surface area contributed by atoms with Gasteiger partial charge in [-0.05, 0) is 33.1 Å². The SMILES string of the molecule is COCCC(C)N1C(=O)C2CCCN2C(=O)C1C. The first-order valence-corrected chi connectivity index (χ1v) is 6.69. The maximum atomic E-state index is 12.5. The number of amides is 2. The minimum atomic E-state index is -0.335. The zero-order valence-corrected chi connectivity index (χ0v) is 11.4. The van der Waals surface area contributed by atoms with Crippen molar-refractivity contribution < 1.29 is 14.3 Å². The van der Waals surface area contributed by atoms with Crippen LogP contribution in [-0.4, -0.2) is 60.0 Å². The third-order valence-electron chi connectivity index (χ3n) is 4.06. The van der Waals surface area contributed by atoms with Gasteiger partial charge in [0.15, 0.2) is 0 Å². The fraction of sp³-hybridized carbons (Fsp3) is 0.846. The minimum Gasteiger partial charge on any atom is -0.385 e. The van der Waals surface area contributed by atoms with Crippen molar-refractivity contribution in [2.45, 2.75) is 51.2 Å². The Morgan fingerprint density at radius 3 is 2.78 bits per heavy atom. The molecule has 0 aliphatic carbocycles. The summed E-state index contributed by atoms with van der Waals surface area (Å²) in [4.78, 5) is 28.2. The lowest BCUT2D eigenvalue weighted by Crippen LogP contribution is -2.63. The molecule has 0 radical (unpaired) electrons. The molecule has 5 heteroatoms. The first-order chi connectivity index (χ1) is 8.57. The summed E-state index contributed by atoms with van der Waals surface area (Å²) in [6.07, 6.45) is 2.52. The molecule has 3 atom stereocenters. The van der Waals surface area contributed by atoms with Gasteiger partial charge in [-0.15, -0.1) is 0 Å². The van der Waals surface area contributed by atoms with Gasteiger partial charge in [0.05, 0.1) is 0 Å². The van der Waals surface area contributed by atoms with E-state index in [-0.39, 0.29) is 29.9 Å². The van der Waals surface area contributed by atoms with Crippen LogP contribution >= 0.6 is 0 Å². The van der Waals surface area contributed by atoms with Gasteiger partial charge in [-0.3, -0.25) is 9.59 Å². The van der Waals surface area contributed by atoms with Crippen LogP contribution in [0, 0.1) is 0 Å². The first kappa shape index (κ1) is 13.3. The number of hydrogen-bond donors (Lipinski definition) is 0. The largest absolute Gasteiger partial charge is 0.385 e. The Labute approximate surface area is 108 Å². The van der Waals surface area contributed by atoms with E-state index in [1.165, 1.54) is 0 Å². The Kier molecular flexibility index (Phi) is 3.90. The summed E-state index contributed by atoms with van der Waals surface area (Å²) in [7, 11) is 1.65. The highest BCUT2D eigenvalue weighted by molar-refractivity contribution is 5.97. The number of nitrogens with zero attached hydrogens (tertiary/aromatic N) is 2. The van der Waals surface area contributed by atoms with Gasteiger partial charge in [0.1, 0.15) is 12.1 Å². The number of carbonyl (C=O) groups is 2. The maximum absolute atomic E-state index is 12.5. The average Bonchev–Trinajstić information content (AvgIpc) is 2.83. The number of fused-ring (bicyclic) bond motifs is 1. The van der Waals surface area contributed by atoms with Gasteiger partial charge in [-0.2, -0.15) is 0 Å². The van der Waals surface area contributed by atoms with Crippen molar-refractivity contribution in [1.82, 2.24) is 9.80 Å². The summed E-state index contributed by atoms with van der Waals surface area (Å²) in [5.74, 6) is 0.213. The molecule has 2 fully saturated rings. The highest BCUT2D eigenvalue weighted by Gasteiger charge is 2.47. The maximum Gasteiger partial charge on any atom is 0.246 e. The molecular weight excluding hydrogens is 232 g/mol. The molecule has 0 aromatic carbocycles. The number of rotatable bonds is 4. The van der Waals surface area contributed by atoms with Crippen LogP contribution in [0.25, 0.3) is 0 Å². The van der Waals surface area contributed by atoms with Crippen molar-refractivity contribution in [2.75, 3.05) is 20.3 Å². The van der Waals surface area contributed by atoms with Gasteiger partial charge in [0, 0.05) is 26.3 Å². The molecule has 0 bridgehead atoms. The van der Waals surface area contributed by atoms with Crippen LogP contribution in [0.2, 0.25) is 0 Å². The topological polar surface area (TPSA) is 49.9 Å². The van der Waals surface area contributed by atoms with Gasteiger partial charge in [0.25, 0.3) is 0 Å². The lowest BCUT2D eigenvalue weighted by molar-refractivity contribution is -0.161. The van der Waals surface area contributed by atoms with Gasteiger partial charge in [0.2, 0.25) is 11.8 Å². The Morgan fingerprint density at radius 1 is 1.39 bits per heavy atom. The second-order valence-corrected chi connectivity index (χ2v) is 5.24. The van der Waals surface area contributed by atoms with Crippen LogP contribution in [0.5, 0.6) is 0 Å². The quantitative estimate of drug-likeness (QED) is 0.739. The summed E-state index contributed by atoms with van der Waals surface area (Å²) in [6.45, 7) is 5.17. The van der Waals surface area contributed by atoms with Crippen molar-refractivity contribution in [3.05, 3.63) is 0 Å². The summed E-state index contributed by atoms with van der Waals surface area (Å²) in [6, 6.07) is -0.489. The first-order valence-electron chi connectivity index (χ1n) is 6.69. The molecule has 0 N–H and O–H groups in total. The van der Waals surface area contributed by atoms with E-state index in [0.29, 0.717) is 6.61 Å². The fourth-order valence-corrected chi connectivity index (χ4v) is 3.04. The molecule has 0 aromatic heterocycles. The summed E-state index contributed by atoms with van der Waals surface area (Å²) < 4.78 is 5.05. The van der Waals surface area contributed by atoms with Crippen LogP contribution in [0.15, 0.2) is 0 Å². The number of hydrogen-bond acceptors (Lipinski definition) is 3. The van der Waals surface area contributed by atoms with Crippen LogP contribution in [-0.2, 0) is 14.3 Å². The predicted molar refractivity (Wildman–Crippen MR) is 67.0 cm³/mol. The summed E-state index contributed by atoms with van der Waals surface area (Å²) in [5.41, 5.74) is 0. The van der Waals surface area contributed by atoms with Crippen LogP contribution in [0.4, 0.5) is 0 Å². The van der Waals surface area contributed by atoms with Crippen molar-refractivity contribution in [3.8, 4) is 0 Å². The molecular formula is C13H22N2O3. The fourth-order valence-electron chi connectivity index (χ4n) is 3.04.